The summed E-state index contributed by atoms with van der Waals surface area (Å²) in [5, 5.41) is 3.20. The molecule has 2 rings (SSSR count). The first kappa shape index (κ1) is 13.8. The van der Waals surface area contributed by atoms with Crippen LogP contribution in [0.1, 0.15) is 27.2 Å². The summed E-state index contributed by atoms with van der Waals surface area (Å²) in [4.78, 5) is 14.8. The van der Waals surface area contributed by atoms with Crippen molar-refractivity contribution in [1.29, 1.82) is 0 Å². The third kappa shape index (κ3) is 3.92. The minimum Gasteiger partial charge on any atom is -0.368 e. The van der Waals surface area contributed by atoms with Crippen LogP contribution in [0, 0.1) is 5.41 Å². The molecule has 1 aromatic rings. The van der Waals surface area contributed by atoms with Gasteiger partial charge in [-0.05, 0) is 11.8 Å². The van der Waals surface area contributed by atoms with Crippen LogP contribution in [0.2, 0.25) is 0 Å². The number of anilines is 3. The third-order valence-electron chi connectivity index (χ3n) is 2.93. The highest BCUT2D eigenvalue weighted by Gasteiger charge is 2.22. The Kier molecular flexibility index (Phi) is 3.75. The van der Waals surface area contributed by atoms with E-state index >= 15 is 0 Å². The lowest BCUT2D eigenvalue weighted by atomic mass is 9.97. The minimum atomic E-state index is 0.150. The van der Waals surface area contributed by atoms with E-state index in [9.17, 15) is 0 Å². The van der Waals surface area contributed by atoms with Crippen molar-refractivity contribution in [1.82, 2.24) is 15.0 Å². The number of nitrogens with one attached hydrogen (secondary N) is 1. The van der Waals surface area contributed by atoms with Gasteiger partial charge in [0.2, 0.25) is 17.8 Å². The fourth-order valence-corrected chi connectivity index (χ4v) is 1.91. The van der Waals surface area contributed by atoms with Crippen molar-refractivity contribution in [3.05, 3.63) is 0 Å². The van der Waals surface area contributed by atoms with Gasteiger partial charge in [0.1, 0.15) is 0 Å². The second kappa shape index (κ2) is 5.16. The van der Waals surface area contributed by atoms with E-state index in [1.54, 1.807) is 0 Å². The predicted octanol–water partition coefficient (Wildman–Crippen LogP) is 0.449. The van der Waals surface area contributed by atoms with Gasteiger partial charge in [0, 0.05) is 25.7 Å². The second-order valence-corrected chi connectivity index (χ2v) is 6.23. The van der Waals surface area contributed by atoms with Crippen molar-refractivity contribution in [2.75, 3.05) is 35.6 Å². The van der Waals surface area contributed by atoms with Crippen LogP contribution >= 0.6 is 0 Å². The summed E-state index contributed by atoms with van der Waals surface area (Å²) < 4.78 is 0. The number of nitrogen functional groups attached to an aromatic ring is 1. The first-order chi connectivity index (χ1) is 8.83. The lowest BCUT2D eigenvalue weighted by Gasteiger charge is -2.20. The minimum absolute atomic E-state index is 0.150. The standard InChI is InChI=1S/C12H23N7/c1-12(2,3)7-15-10-16-9(14)17-11(18-10)19-5-4-8(13)6-19/h8H,4-7,13H2,1-3H3,(H3,14,15,16,17,18)/t8-/m1/s1. The van der Waals surface area contributed by atoms with Crippen molar-refractivity contribution in [2.24, 2.45) is 11.1 Å². The zero-order valence-electron chi connectivity index (χ0n) is 11.8. The lowest BCUT2D eigenvalue weighted by Crippen LogP contribution is -2.28. The summed E-state index contributed by atoms with van der Waals surface area (Å²) in [5.41, 5.74) is 11.8. The Hall–Kier alpha value is -1.63. The van der Waals surface area contributed by atoms with Crippen LogP contribution in [0.15, 0.2) is 0 Å². The molecule has 0 radical (unpaired) electrons. The zero-order chi connectivity index (χ0) is 14.0. The average Bonchev–Trinajstić information content (AvgIpc) is 2.72. The third-order valence-corrected chi connectivity index (χ3v) is 2.93. The summed E-state index contributed by atoms with van der Waals surface area (Å²) in [6.45, 7) is 8.84. The molecule has 1 aromatic heterocycles. The van der Waals surface area contributed by atoms with Crippen LogP contribution in [0.25, 0.3) is 0 Å². The van der Waals surface area contributed by atoms with Crippen LogP contribution in [0.3, 0.4) is 0 Å². The van der Waals surface area contributed by atoms with Gasteiger partial charge in [-0.1, -0.05) is 20.8 Å². The fraction of sp³-hybridized carbons (Fsp3) is 0.750. The van der Waals surface area contributed by atoms with Crippen molar-refractivity contribution in [3.8, 4) is 0 Å². The molecule has 1 saturated heterocycles. The van der Waals surface area contributed by atoms with Gasteiger partial charge in [0.25, 0.3) is 0 Å². The summed E-state index contributed by atoms with van der Waals surface area (Å²) >= 11 is 0. The average molecular weight is 265 g/mol. The molecule has 1 atom stereocenters. The monoisotopic (exact) mass is 265 g/mol. The summed E-state index contributed by atoms with van der Waals surface area (Å²) in [6, 6.07) is 0.184. The molecule has 106 valence electrons. The highest BCUT2D eigenvalue weighted by Crippen LogP contribution is 2.18. The Balaban J connectivity index is 2.11. The van der Waals surface area contributed by atoms with E-state index in [2.05, 4.69) is 41.0 Å². The molecule has 0 aliphatic carbocycles. The van der Waals surface area contributed by atoms with Crippen molar-refractivity contribution in [3.63, 3.8) is 0 Å². The summed E-state index contributed by atoms with van der Waals surface area (Å²) in [5.74, 6) is 1.37. The molecule has 19 heavy (non-hydrogen) atoms. The maximum atomic E-state index is 5.89. The Bertz CT molecular complexity index is 440. The number of nitrogens with zero attached hydrogens (tertiary/aromatic N) is 4. The van der Waals surface area contributed by atoms with E-state index in [1.165, 1.54) is 0 Å². The van der Waals surface area contributed by atoms with Gasteiger partial charge in [-0.2, -0.15) is 15.0 Å². The Labute approximate surface area is 113 Å². The molecule has 1 aliphatic rings. The molecule has 0 amide bonds. The molecule has 7 nitrogen and oxygen atoms in total. The van der Waals surface area contributed by atoms with Gasteiger partial charge in [-0.15, -0.1) is 0 Å². The van der Waals surface area contributed by atoms with Gasteiger partial charge in [-0.25, -0.2) is 0 Å². The highest BCUT2D eigenvalue weighted by atomic mass is 15.3. The lowest BCUT2D eigenvalue weighted by molar-refractivity contribution is 0.441. The number of nitrogens with two attached hydrogens (primary N) is 2. The quantitative estimate of drug-likeness (QED) is 0.728. The van der Waals surface area contributed by atoms with E-state index in [4.69, 9.17) is 11.5 Å². The second-order valence-electron chi connectivity index (χ2n) is 6.23. The molecule has 0 aromatic carbocycles. The topological polar surface area (TPSA) is 106 Å². The fourth-order valence-electron chi connectivity index (χ4n) is 1.91. The molecule has 1 fully saturated rings. The Morgan fingerprint density at radius 1 is 1.32 bits per heavy atom. The van der Waals surface area contributed by atoms with Crippen LogP contribution in [0.5, 0.6) is 0 Å². The molecular weight excluding hydrogens is 242 g/mol. The number of aromatic nitrogens is 3. The van der Waals surface area contributed by atoms with Crippen LogP contribution < -0.4 is 21.7 Å². The van der Waals surface area contributed by atoms with E-state index < -0.39 is 0 Å². The molecule has 0 saturated carbocycles. The summed E-state index contributed by atoms with van der Waals surface area (Å²) in [7, 11) is 0. The predicted molar refractivity (Wildman–Crippen MR) is 77.0 cm³/mol. The zero-order valence-corrected chi connectivity index (χ0v) is 11.8. The first-order valence-electron chi connectivity index (χ1n) is 6.59. The molecule has 5 N–H and O–H groups in total. The highest BCUT2D eigenvalue weighted by molar-refractivity contribution is 5.42. The normalized spacial score (nSPS) is 19.8. The van der Waals surface area contributed by atoms with Crippen LogP contribution in [0.4, 0.5) is 17.8 Å². The van der Waals surface area contributed by atoms with Crippen molar-refractivity contribution >= 4 is 17.8 Å². The molecular formula is C12H23N7. The Morgan fingerprint density at radius 3 is 2.63 bits per heavy atom. The molecule has 0 spiro atoms. The van der Waals surface area contributed by atoms with Gasteiger partial charge in [0.15, 0.2) is 0 Å². The van der Waals surface area contributed by atoms with Gasteiger partial charge < -0.3 is 21.7 Å². The molecule has 0 bridgehead atoms. The SMILES string of the molecule is CC(C)(C)CNc1nc(N)nc(N2CC[C@@H](N)C2)n1. The smallest absolute Gasteiger partial charge is 0.232 e. The molecule has 0 unspecified atom stereocenters. The number of hydrogen-bond acceptors (Lipinski definition) is 7. The van der Waals surface area contributed by atoms with Gasteiger partial charge in [-0.3, -0.25) is 0 Å². The summed E-state index contributed by atoms with van der Waals surface area (Å²) in [6.07, 6.45) is 0.955. The molecule has 2 heterocycles. The number of hydrogen-bond donors (Lipinski definition) is 3. The molecule has 7 heteroatoms. The first-order valence-corrected chi connectivity index (χ1v) is 6.59. The molecule has 1 aliphatic heterocycles. The van der Waals surface area contributed by atoms with E-state index in [1.807, 2.05) is 4.90 Å². The van der Waals surface area contributed by atoms with E-state index in [-0.39, 0.29) is 17.4 Å². The van der Waals surface area contributed by atoms with E-state index in [0.29, 0.717) is 11.9 Å². The Morgan fingerprint density at radius 2 is 2.05 bits per heavy atom. The maximum Gasteiger partial charge on any atom is 0.232 e. The van der Waals surface area contributed by atoms with E-state index in [0.717, 1.165) is 26.1 Å². The van der Waals surface area contributed by atoms with Crippen molar-refractivity contribution in [2.45, 2.75) is 33.2 Å². The van der Waals surface area contributed by atoms with Crippen molar-refractivity contribution < 1.29 is 0 Å². The van der Waals surface area contributed by atoms with Crippen LogP contribution in [-0.4, -0.2) is 40.6 Å². The van der Waals surface area contributed by atoms with Crippen LogP contribution in [-0.2, 0) is 0 Å². The maximum absolute atomic E-state index is 5.89. The van der Waals surface area contributed by atoms with Gasteiger partial charge >= 0.3 is 0 Å². The number of rotatable bonds is 3. The van der Waals surface area contributed by atoms with Gasteiger partial charge in [0.05, 0.1) is 0 Å². The largest absolute Gasteiger partial charge is 0.368 e.